The first-order chi connectivity index (χ1) is 6.70. The second-order valence-electron chi connectivity index (χ2n) is 2.99. The van der Waals surface area contributed by atoms with E-state index < -0.39 is 0 Å². The summed E-state index contributed by atoms with van der Waals surface area (Å²) in [5.41, 5.74) is 6.29. The third kappa shape index (κ3) is 1.38. The monoisotopic (exact) mass is 204 g/mol. The van der Waals surface area contributed by atoms with Crippen molar-refractivity contribution in [3.8, 4) is 11.8 Å². The number of hydrogen-bond acceptors (Lipinski definition) is 4. The molecule has 2 aromatic rings. The van der Waals surface area contributed by atoms with E-state index in [1.165, 1.54) is 17.4 Å². The summed E-state index contributed by atoms with van der Waals surface area (Å²) >= 11 is 1.49. The summed E-state index contributed by atoms with van der Waals surface area (Å²) in [6, 6.07) is 7.17. The number of aromatic hydroxyl groups is 1. The van der Waals surface area contributed by atoms with Crippen LogP contribution in [0.1, 0.15) is 4.88 Å². The fourth-order valence-electron chi connectivity index (χ4n) is 1.37. The molecule has 0 aliphatic carbocycles. The highest BCUT2D eigenvalue weighted by molar-refractivity contribution is 7.19. The van der Waals surface area contributed by atoms with Crippen LogP contribution >= 0.6 is 11.3 Å². The van der Waals surface area contributed by atoms with E-state index in [0.29, 0.717) is 12.1 Å². The quantitative estimate of drug-likeness (QED) is 0.700. The van der Waals surface area contributed by atoms with Gasteiger partial charge in [0.1, 0.15) is 5.75 Å². The molecule has 0 radical (unpaired) electrons. The SMILES string of the molecule is N#CCc1cc2c(N)cc(O)cc2s1. The number of hydrogen-bond donors (Lipinski definition) is 2. The second kappa shape index (κ2) is 3.20. The Bertz CT molecular complexity index is 525. The topological polar surface area (TPSA) is 70.0 Å². The van der Waals surface area contributed by atoms with Gasteiger partial charge < -0.3 is 10.8 Å². The molecule has 0 aliphatic heterocycles. The number of nitrogens with zero attached hydrogens (tertiary/aromatic N) is 1. The van der Waals surface area contributed by atoms with Crippen LogP contribution in [0.4, 0.5) is 5.69 Å². The van der Waals surface area contributed by atoms with Crippen LogP contribution in [0.3, 0.4) is 0 Å². The van der Waals surface area contributed by atoms with Crippen molar-refractivity contribution >= 4 is 27.1 Å². The molecule has 14 heavy (non-hydrogen) atoms. The molecule has 2 rings (SSSR count). The van der Waals surface area contributed by atoms with Crippen LogP contribution in [0.2, 0.25) is 0 Å². The lowest BCUT2D eigenvalue weighted by molar-refractivity contribution is 0.476. The van der Waals surface area contributed by atoms with E-state index >= 15 is 0 Å². The van der Waals surface area contributed by atoms with Gasteiger partial charge in [-0.1, -0.05) is 0 Å². The number of rotatable bonds is 1. The van der Waals surface area contributed by atoms with Crippen LogP contribution in [0.15, 0.2) is 18.2 Å². The third-order valence-electron chi connectivity index (χ3n) is 1.96. The van der Waals surface area contributed by atoms with E-state index in [2.05, 4.69) is 6.07 Å². The predicted octanol–water partition coefficient (Wildman–Crippen LogP) is 2.26. The lowest BCUT2D eigenvalue weighted by atomic mass is 10.2. The molecule has 0 saturated heterocycles. The van der Waals surface area contributed by atoms with Gasteiger partial charge in [0, 0.05) is 26.7 Å². The van der Waals surface area contributed by atoms with E-state index in [1.54, 1.807) is 6.07 Å². The van der Waals surface area contributed by atoms with Gasteiger partial charge >= 0.3 is 0 Å². The number of phenols is 1. The van der Waals surface area contributed by atoms with Gasteiger partial charge in [0.15, 0.2) is 0 Å². The second-order valence-corrected chi connectivity index (χ2v) is 4.16. The standard InChI is InChI=1S/C10H8N2OS/c11-2-1-7-5-8-9(12)3-6(13)4-10(8)14-7/h3-5,13H,1,12H2. The first-order valence-corrected chi connectivity index (χ1v) is 4.90. The first-order valence-electron chi connectivity index (χ1n) is 4.08. The fraction of sp³-hybridized carbons (Fsp3) is 0.100. The smallest absolute Gasteiger partial charge is 0.119 e. The van der Waals surface area contributed by atoms with E-state index in [0.717, 1.165) is 15.0 Å². The van der Waals surface area contributed by atoms with Gasteiger partial charge in [-0.2, -0.15) is 5.26 Å². The predicted molar refractivity (Wildman–Crippen MR) is 57.2 cm³/mol. The lowest BCUT2D eigenvalue weighted by Crippen LogP contribution is -1.83. The third-order valence-corrected chi connectivity index (χ3v) is 3.04. The number of anilines is 1. The summed E-state index contributed by atoms with van der Waals surface area (Å²) in [5.74, 6) is 0.167. The summed E-state index contributed by atoms with van der Waals surface area (Å²) < 4.78 is 0.924. The molecule has 0 unspecified atom stereocenters. The molecule has 1 heterocycles. The van der Waals surface area contributed by atoms with Gasteiger partial charge in [-0.05, 0) is 12.1 Å². The van der Waals surface area contributed by atoms with Crippen LogP contribution in [0, 0.1) is 11.3 Å². The average Bonchev–Trinajstić information content (AvgIpc) is 2.48. The van der Waals surface area contributed by atoms with Crippen molar-refractivity contribution in [2.45, 2.75) is 6.42 Å². The Morgan fingerprint density at radius 1 is 1.43 bits per heavy atom. The molecule has 0 fully saturated rings. The van der Waals surface area contributed by atoms with Crippen LogP contribution in [-0.2, 0) is 6.42 Å². The average molecular weight is 204 g/mol. The Balaban J connectivity index is 2.66. The van der Waals surface area contributed by atoms with Gasteiger partial charge in [-0.15, -0.1) is 11.3 Å². The van der Waals surface area contributed by atoms with E-state index in [4.69, 9.17) is 11.0 Å². The van der Waals surface area contributed by atoms with Crippen molar-refractivity contribution in [1.82, 2.24) is 0 Å². The molecule has 3 nitrogen and oxygen atoms in total. The summed E-state index contributed by atoms with van der Waals surface area (Å²) in [4.78, 5) is 0.972. The van der Waals surface area contributed by atoms with Gasteiger partial charge in [-0.25, -0.2) is 0 Å². The van der Waals surface area contributed by atoms with Crippen LogP contribution in [0.5, 0.6) is 5.75 Å². The minimum atomic E-state index is 0.167. The van der Waals surface area contributed by atoms with Gasteiger partial charge in [-0.3, -0.25) is 0 Å². The number of thiophene rings is 1. The molecule has 0 spiro atoms. The largest absolute Gasteiger partial charge is 0.508 e. The van der Waals surface area contributed by atoms with Gasteiger partial charge in [0.25, 0.3) is 0 Å². The van der Waals surface area contributed by atoms with Crippen molar-refractivity contribution in [3.05, 3.63) is 23.1 Å². The van der Waals surface area contributed by atoms with E-state index in [-0.39, 0.29) is 5.75 Å². The summed E-state index contributed by atoms with van der Waals surface area (Å²) in [6.45, 7) is 0. The molecule has 0 amide bonds. The number of nitriles is 1. The Kier molecular flexibility index (Phi) is 2.02. The molecule has 4 heteroatoms. The van der Waals surface area contributed by atoms with Crippen LogP contribution in [0.25, 0.3) is 10.1 Å². The first kappa shape index (κ1) is 8.85. The number of benzene rings is 1. The Morgan fingerprint density at radius 3 is 2.93 bits per heavy atom. The van der Waals surface area contributed by atoms with Crippen molar-refractivity contribution in [3.63, 3.8) is 0 Å². The summed E-state index contributed by atoms with van der Waals surface area (Å²) in [7, 11) is 0. The van der Waals surface area contributed by atoms with Crippen LogP contribution in [-0.4, -0.2) is 5.11 Å². The Labute approximate surface area is 85.0 Å². The zero-order valence-electron chi connectivity index (χ0n) is 7.32. The maximum Gasteiger partial charge on any atom is 0.119 e. The van der Waals surface area contributed by atoms with Crippen LogP contribution < -0.4 is 5.73 Å². The molecule has 0 saturated carbocycles. The molecule has 0 aliphatic rings. The normalized spacial score (nSPS) is 10.2. The Morgan fingerprint density at radius 2 is 2.21 bits per heavy atom. The van der Waals surface area contributed by atoms with Crippen molar-refractivity contribution in [1.29, 1.82) is 5.26 Å². The lowest BCUT2D eigenvalue weighted by Gasteiger charge is -1.96. The molecule has 1 aromatic heterocycles. The molecule has 70 valence electrons. The highest BCUT2D eigenvalue weighted by Crippen LogP contribution is 2.33. The number of phenolic OH excluding ortho intramolecular Hbond substituents is 1. The minimum Gasteiger partial charge on any atom is -0.508 e. The molecule has 0 bridgehead atoms. The highest BCUT2D eigenvalue weighted by Gasteiger charge is 2.05. The van der Waals surface area contributed by atoms with E-state index in [9.17, 15) is 5.11 Å². The Hall–Kier alpha value is -1.73. The zero-order valence-corrected chi connectivity index (χ0v) is 8.14. The molecular formula is C10H8N2OS. The molecule has 3 N–H and O–H groups in total. The summed E-state index contributed by atoms with van der Waals surface area (Å²) in [6.07, 6.45) is 0.388. The molecule has 1 aromatic carbocycles. The van der Waals surface area contributed by atoms with Gasteiger partial charge in [0.05, 0.1) is 12.5 Å². The maximum absolute atomic E-state index is 9.31. The maximum atomic E-state index is 9.31. The number of fused-ring (bicyclic) bond motifs is 1. The van der Waals surface area contributed by atoms with Crippen molar-refractivity contribution in [2.24, 2.45) is 0 Å². The molecule has 0 atom stereocenters. The zero-order chi connectivity index (χ0) is 10.1. The van der Waals surface area contributed by atoms with Gasteiger partial charge in [0.2, 0.25) is 0 Å². The van der Waals surface area contributed by atoms with Crippen molar-refractivity contribution < 1.29 is 5.11 Å². The highest BCUT2D eigenvalue weighted by atomic mass is 32.1. The summed E-state index contributed by atoms with van der Waals surface area (Å²) in [5, 5.41) is 18.8. The van der Waals surface area contributed by atoms with E-state index in [1.807, 2.05) is 6.07 Å². The number of nitrogen functional groups attached to an aromatic ring is 1. The van der Waals surface area contributed by atoms with Crippen molar-refractivity contribution in [2.75, 3.05) is 5.73 Å². The number of nitrogens with two attached hydrogens (primary N) is 1. The fourth-order valence-corrected chi connectivity index (χ4v) is 2.43. The minimum absolute atomic E-state index is 0.167. The molecular weight excluding hydrogens is 196 g/mol.